The first-order valence-electron chi connectivity index (χ1n) is 8.18. The van der Waals surface area contributed by atoms with Crippen LogP contribution in [0, 0.1) is 29.6 Å². The molecule has 3 fully saturated rings. The molecule has 3 aliphatic carbocycles. The van der Waals surface area contributed by atoms with Crippen molar-refractivity contribution < 1.29 is 0 Å². The molecule has 1 heterocycles. The molecule has 1 aromatic carbocycles. The number of hydrogen-bond donors (Lipinski definition) is 2. The van der Waals surface area contributed by atoms with Gasteiger partial charge < -0.3 is 0 Å². The van der Waals surface area contributed by atoms with Gasteiger partial charge in [-0.2, -0.15) is 0 Å². The van der Waals surface area contributed by atoms with Crippen molar-refractivity contribution in [2.45, 2.75) is 25.3 Å². The standard InChI is InChI=1S/C18H21N3/c19-21-18(16-14-11-6-7-12(9-11)15(14)16)13-5-1-3-10-4-2-8-20-17(10)13/h1-5,8,11-12,14-16,18,21H,6-7,9,19H2. The summed E-state index contributed by atoms with van der Waals surface area (Å²) in [6, 6.07) is 10.9. The molecule has 0 radical (unpaired) electrons. The summed E-state index contributed by atoms with van der Waals surface area (Å²) in [6.07, 6.45) is 6.27. The molecule has 0 amide bonds. The summed E-state index contributed by atoms with van der Waals surface area (Å²) < 4.78 is 0. The number of rotatable bonds is 3. The van der Waals surface area contributed by atoms with E-state index in [1.165, 1.54) is 30.2 Å². The van der Waals surface area contributed by atoms with Gasteiger partial charge >= 0.3 is 0 Å². The van der Waals surface area contributed by atoms with Crippen molar-refractivity contribution in [2.24, 2.45) is 35.4 Å². The van der Waals surface area contributed by atoms with Gasteiger partial charge in [-0.1, -0.05) is 24.3 Å². The largest absolute Gasteiger partial charge is 0.271 e. The van der Waals surface area contributed by atoms with Gasteiger partial charge in [-0.3, -0.25) is 16.3 Å². The summed E-state index contributed by atoms with van der Waals surface area (Å²) in [6.45, 7) is 0. The smallest absolute Gasteiger partial charge is 0.0750 e. The van der Waals surface area contributed by atoms with E-state index in [0.29, 0.717) is 0 Å². The third-order valence-corrected chi connectivity index (χ3v) is 6.36. The van der Waals surface area contributed by atoms with Crippen molar-refractivity contribution in [3.63, 3.8) is 0 Å². The highest BCUT2D eigenvalue weighted by Crippen LogP contribution is 2.72. The van der Waals surface area contributed by atoms with Gasteiger partial charge in [0, 0.05) is 11.6 Å². The summed E-state index contributed by atoms with van der Waals surface area (Å²) >= 11 is 0. The SMILES string of the molecule is NNC(c1cccc2cccnc12)C1C2C3CCC(C3)C21. The Morgan fingerprint density at radius 1 is 1.10 bits per heavy atom. The van der Waals surface area contributed by atoms with Crippen molar-refractivity contribution >= 4 is 10.9 Å². The van der Waals surface area contributed by atoms with Crippen LogP contribution in [0.5, 0.6) is 0 Å². The maximum Gasteiger partial charge on any atom is 0.0750 e. The van der Waals surface area contributed by atoms with Gasteiger partial charge in [0.05, 0.1) is 11.6 Å². The van der Waals surface area contributed by atoms with Gasteiger partial charge in [0.15, 0.2) is 0 Å². The molecule has 5 rings (SSSR count). The highest BCUT2D eigenvalue weighted by atomic mass is 15.2. The van der Waals surface area contributed by atoms with Gasteiger partial charge in [0.2, 0.25) is 0 Å². The van der Waals surface area contributed by atoms with E-state index in [9.17, 15) is 0 Å². The fraction of sp³-hybridized carbons (Fsp3) is 0.500. The van der Waals surface area contributed by atoms with Crippen LogP contribution in [-0.2, 0) is 0 Å². The Bertz CT molecular complexity index is 676. The number of aromatic nitrogens is 1. The lowest BCUT2D eigenvalue weighted by Gasteiger charge is -2.21. The zero-order valence-corrected chi connectivity index (χ0v) is 12.1. The molecule has 0 aliphatic heterocycles. The van der Waals surface area contributed by atoms with Crippen LogP contribution in [0.4, 0.5) is 0 Å². The van der Waals surface area contributed by atoms with E-state index in [1.807, 2.05) is 12.3 Å². The minimum atomic E-state index is 0.266. The molecule has 3 nitrogen and oxygen atoms in total. The van der Waals surface area contributed by atoms with E-state index >= 15 is 0 Å². The summed E-state index contributed by atoms with van der Waals surface area (Å²) in [5, 5.41) is 1.21. The van der Waals surface area contributed by atoms with E-state index in [-0.39, 0.29) is 6.04 Å². The Hall–Kier alpha value is -1.45. The Labute approximate surface area is 124 Å². The predicted molar refractivity (Wildman–Crippen MR) is 83.1 cm³/mol. The highest BCUT2D eigenvalue weighted by molar-refractivity contribution is 5.82. The Balaban J connectivity index is 1.56. The Morgan fingerprint density at radius 3 is 2.62 bits per heavy atom. The summed E-state index contributed by atoms with van der Waals surface area (Å²) in [7, 11) is 0. The fourth-order valence-corrected chi connectivity index (χ4v) is 5.63. The van der Waals surface area contributed by atoms with E-state index in [1.54, 1.807) is 0 Å². The zero-order valence-electron chi connectivity index (χ0n) is 12.1. The second-order valence-electron chi connectivity index (χ2n) is 7.13. The van der Waals surface area contributed by atoms with Crippen LogP contribution >= 0.6 is 0 Å². The van der Waals surface area contributed by atoms with Crippen LogP contribution in [0.3, 0.4) is 0 Å². The number of fused-ring (bicyclic) bond motifs is 6. The Morgan fingerprint density at radius 2 is 1.86 bits per heavy atom. The summed E-state index contributed by atoms with van der Waals surface area (Å²) in [5.41, 5.74) is 5.53. The van der Waals surface area contributed by atoms with Crippen LogP contribution < -0.4 is 11.3 Å². The maximum atomic E-state index is 5.97. The molecule has 3 aliphatic rings. The normalized spacial score (nSPS) is 37.7. The monoisotopic (exact) mass is 279 g/mol. The molecule has 3 N–H and O–H groups in total. The number of para-hydroxylation sites is 1. The molecule has 0 spiro atoms. The molecular formula is C18H21N3. The molecule has 1 aromatic heterocycles. The molecule has 21 heavy (non-hydrogen) atoms. The van der Waals surface area contributed by atoms with Gasteiger partial charge in [0.1, 0.15) is 0 Å². The van der Waals surface area contributed by atoms with Crippen molar-refractivity contribution in [3.05, 3.63) is 42.1 Å². The third kappa shape index (κ3) is 1.59. The number of nitrogens with one attached hydrogen (secondary N) is 1. The number of pyridine rings is 1. The number of benzene rings is 1. The molecule has 5 unspecified atom stereocenters. The highest BCUT2D eigenvalue weighted by Gasteiger charge is 2.66. The van der Waals surface area contributed by atoms with Crippen molar-refractivity contribution in [1.82, 2.24) is 10.4 Å². The topological polar surface area (TPSA) is 50.9 Å². The van der Waals surface area contributed by atoms with Gasteiger partial charge in [0.25, 0.3) is 0 Å². The summed E-state index contributed by atoms with van der Waals surface area (Å²) in [4.78, 5) is 4.61. The molecule has 2 aromatic rings. The quantitative estimate of drug-likeness (QED) is 0.670. The van der Waals surface area contributed by atoms with Gasteiger partial charge in [-0.15, -0.1) is 0 Å². The molecule has 2 bridgehead atoms. The van der Waals surface area contributed by atoms with Crippen LogP contribution in [0.15, 0.2) is 36.5 Å². The predicted octanol–water partition coefficient (Wildman–Crippen LogP) is 3.03. The lowest BCUT2D eigenvalue weighted by atomic mass is 9.92. The molecule has 3 saturated carbocycles. The number of nitrogens with two attached hydrogens (primary N) is 1. The Kier molecular flexibility index (Phi) is 2.47. The molecule has 0 saturated heterocycles. The number of hydrogen-bond acceptors (Lipinski definition) is 3. The molecule has 5 atom stereocenters. The third-order valence-electron chi connectivity index (χ3n) is 6.36. The minimum absolute atomic E-state index is 0.266. The average Bonchev–Trinajstić information content (AvgIpc) is 2.94. The summed E-state index contributed by atoms with van der Waals surface area (Å²) in [5.74, 6) is 10.5. The fourth-order valence-electron chi connectivity index (χ4n) is 5.63. The number of hydrazine groups is 1. The second-order valence-corrected chi connectivity index (χ2v) is 7.13. The van der Waals surface area contributed by atoms with E-state index < -0.39 is 0 Å². The van der Waals surface area contributed by atoms with Crippen molar-refractivity contribution in [3.8, 4) is 0 Å². The molecular weight excluding hydrogens is 258 g/mol. The van der Waals surface area contributed by atoms with E-state index in [4.69, 9.17) is 5.84 Å². The van der Waals surface area contributed by atoms with E-state index in [0.717, 1.165) is 35.1 Å². The number of nitrogens with zero attached hydrogens (tertiary/aromatic N) is 1. The van der Waals surface area contributed by atoms with Gasteiger partial charge in [-0.25, -0.2) is 0 Å². The van der Waals surface area contributed by atoms with Crippen LogP contribution in [0.1, 0.15) is 30.9 Å². The molecule has 108 valence electrons. The lowest BCUT2D eigenvalue weighted by Crippen LogP contribution is -2.31. The first-order chi connectivity index (χ1) is 10.4. The second kappa shape index (κ2) is 4.28. The maximum absolute atomic E-state index is 5.97. The van der Waals surface area contributed by atoms with Gasteiger partial charge in [-0.05, 0) is 60.5 Å². The minimum Gasteiger partial charge on any atom is -0.271 e. The van der Waals surface area contributed by atoms with Crippen LogP contribution in [0.2, 0.25) is 0 Å². The first-order valence-corrected chi connectivity index (χ1v) is 8.18. The van der Waals surface area contributed by atoms with Crippen molar-refractivity contribution in [2.75, 3.05) is 0 Å². The van der Waals surface area contributed by atoms with E-state index in [2.05, 4.69) is 34.7 Å². The van der Waals surface area contributed by atoms with Crippen molar-refractivity contribution in [1.29, 1.82) is 0 Å². The zero-order chi connectivity index (χ0) is 14.0. The van der Waals surface area contributed by atoms with Crippen LogP contribution in [0.25, 0.3) is 10.9 Å². The lowest BCUT2D eigenvalue weighted by molar-refractivity contribution is 0.375. The molecule has 3 heteroatoms. The average molecular weight is 279 g/mol. The first kappa shape index (κ1) is 12.1. The van der Waals surface area contributed by atoms with Crippen LogP contribution in [-0.4, -0.2) is 4.98 Å².